The van der Waals surface area contributed by atoms with E-state index in [-0.39, 0.29) is 0 Å². The van der Waals surface area contributed by atoms with Crippen molar-refractivity contribution in [3.05, 3.63) is 70.8 Å². The van der Waals surface area contributed by atoms with Gasteiger partial charge in [-0.3, -0.25) is 0 Å². The predicted octanol–water partition coefficient (Wildman–Crippen LogP) is 9.08. The average Bonchev–Trinajstić information content (AvgIpc) is 2.75. The highest BCUT2D eigenvalue weighted by Crippen LogP contribution is 2.16. The number of unbranched alkanes of at least 4 members (excludes halogenated alkanes) is 10. The van der Waals surface area contributed by atoms with Gasteiger partial charge in [0.2, 0.25) is 0 Å². The van der Waals surface area contributed by atoms with Crippen LogP contribution in [0.2, 0.25) is 0 Å². The fourth-order valence-corrected chi connectivity index (χ4v) is 4.10. The van der Waals surface area contributed by atoms with E-state index in [1.54, 1.807) is 0 Å². The van der Waals surface area contributed by atoms with E-state index in [2.05, 4.69) is 62.4 Å². The van der Waals surface area contributed by atoms with Gasteiger partial charge in [-0.25, -0.2) is 0 Å². The van der Waals surface area contributed by atoms with Crippen LogP contribution in [-0.4, -0.2) is 0 Å². The largest absolute Gasteiger partial charge is 0.0654 e. The summed E-state index contributed by atoms with van der Waals surface area (Å²) in [5.41, 5.74) is 5.86. The fourth-order valence-electron chi connectivity index (χ4n) is 4.10. The molecule has 0 heteroatoms. The summed E-state index contributed by atoms with van der Waals surface area (Å²) in [5.74, 6) is 0. The van der Waals surface area contributed by atoms with Gasteiger partial charge in [-0.15, -0.1) is 0 Å². The Bertz CT molecular complexity index is 563. The standard InChI is InChI=1S/C29H44/c1-3-5-7-9-11-13-15-26-17-21-28(22-18-26)25-29-23-19-27(20-24-29)16-14-12-10-8-6-4-2/h17-24H,3-16,25H2,1-2H3. The van der Waals surface area contributed by atoms with Crippen molar-refractivity contribution in [1.82, 2.24) is 0 Å². The normalized spacial score (nSPS) is 11.1. The maximum atomic E-state index is 2.34. The summed E-state index contributed by atoms with van der Waals surface area (Å²) in [7, 11) is 0. The summed E-state index contributed by atoms with van der Waals surface area (Å²) in [6, 6.07) is 18.7. The molecule has 2 aromatic carbocycles. The van der Waals surface area contributed by atoms with Crippen LogP contribution >= 0.6 is 0 Å². The SMILES string of the molecule is CCCCCCCCc1ccc(Cc2ccc(CCCCCCCC)cc2)cc1. The average molecular weight is 393 g/mol. The molecule has 0 amide bonds. The van der Waals surface area contributed by atoms with Crippen LogP contribution in [-0.2, 0) is 19.3 Å². The molecule has 0 saturated carbocycles. The molecule has 0 heterocycles. The first-order valence-corrected chi connectivity index (χ1v) is 12.5. The summed E-state index contributed by atoms with van der Waals surface area (Å²) in [6.45, 7) is 4.57. The molecule has 0 atom stereocenters. The van der Waals surface area contributed by atoms with Gasteiger partial charge in [0, 0.05) is 0 Å². The van der Waals surface area contributed by atoms with Crippen molar-refractivity contribution in [2.45, 2.75) is 110 Å². The summed E-state index contributed by atoms with van der Waals surface area (Å²) in [6.07, 6.45) is 20.1. The Kier molecular flexibility index (Phi) is 12.5. The summed E-state index contributed by atoms with van der Waals surface area (Å²) >= 11 is 0. The van der Waals surface area contributed by atoms with Crippen molar-refractivity contribution in [1.29, 1.82) is 0 Å². The van der Waals surface area contributed by atoms with E-state index in [0.29, 0.717) is 0 Å². The monoisotopic (exact) mass is 392 g/mol. The first-order chi connectivity index (χ1) is 14.3. The molecule has 160 valence electrons. The van der Waals surface area contributed by atoms with Gasteiger partial charge in [0.05, 0.1) is 0 Å². The van der Waals surface area contributed by atoms with Crippen LogP contribution in [0.5, 0.6) is 0 Å². The zero-order chi connectivity index (χ0) is 20.6. The van der Waals surface area contributed by atoms with Crippen molar-refractivity contribution in [3.8, 4) is 0 Å². The van der Waals surface area contributed by atoms with E-state index >= 15 is 0 Å². The Labute approximate surface area is 181 Å². The minimum absolute atomic E-state index is 1.05. The maximum Gasteiger partial charge on any atom is -0.00258 e. The molecule has 0 saturated heterocycles. The lowest BCUT2D eigenvalue weighted by atomic mass is 9.99. The zero-order valence-corrected chi connectivity index (χ0v) is 19.2. The molecule has 0 unspecified atom stereocenters. The molecule has 0 aliphatic heterocycles. The number of hydrogen-bond acceptors (Lipinski definition) is 0. The number of hydrogen-bond donors (Lipinski definition) is 0. The molecule has 2 aromatic rings. The third kappa shape index (κ3) is 10.7. The van der Waals surface area contributed by atoms with E-state index in [9.17, 15) is 0 Å². The topological polar surface area (TPSA) is 0 Å². The van der Waals surface area contributed by atoms with Crippen LogP contribution < -0.4 is 0 Å². The minimum Gasteiger partial charge on any atom is -0.0654 e. The quantitative estimate of drug-likeness (QED) is 0.250. The minimum atomic E-state index is 1.05. The predicted molar refractivity (Wildman–Crippen MR) is 130 cm³/mol. The maximum absolute atomic E-state index is 2.34. The van der Waals surface area contributed by atoms with Gasteiger partial charge in [-0.2, -0.15) is 0 Å². The second-order valence-electron chi connectivity index (χ2n) is 8.85. The van der Waals surface area contributed by atoms with Gasteiger partial charge in [-0.1, -0.05) is 127 Å². The number of aryl methyl sites for hydroxylation is 2. The van der Waals surface area contributed by atoms with E-state index in [1.165, 1.54) is 112 Å². The van der Waals surface area contributed by atoms with E-state index in [1.807, 2.05) is 0 Å². The lowest BCUT2D eigenvalue weighted by Crippen LogP contribution is -1.92. The molecule has 0 fully saturated rings. The van der Waals surface area contributed by atoms with Crippen molar-refractivity contribution in [2.24, 2.45) is 0 Å². The lowest BCUT2D eigenvalue weighted by molar-refractivity contribution is 0.607. The molecule has 0 spiro atoms. The third-order valence-electron chi connectivity index (χ3n) is 6.09. The van der Waals surface area contributed by atoms with Crippen LogP contribution in [0.25, 0.3) is 0 Å². The van der Waals surface area contributed by atoms with Gasteiger partial charge in [0.15, 0.2) is 0 Å². The Hall–Kier alpha value is -1.56. The molecule has 0 aliphatic rings. The van der Waals surface area contributed by atoms with Crippen molar-refractivity contribution >= 4 is 0 Å². The molecular formula is C29H44. The Morgan fingerprint density at radius 1 is 0.379 bits per heavy atom. The summed E-state index contributed by atoms with van der Waals surface area (Å²) in [4.78, 5) is 0. The Morgan fingerprint density at radius 2 is 0.690 bits per heavy atom. The molecule has 0 N–H and O–H groups in total. The second kappa shape index (κ2) is 15.3. The van der Waals surface area contributed by atoms with Crippen molar-refractivity contribution in [2.75, 3.05) is 0 Å². The van der Waals surface area contributed by atoms with Crippen LogP contribution in [0.15, 0.2) is 48.5 Å². The second-order valence-corrected chi connectivity index (χ2v) is 8.85. The van der Waals surface area contributed by atoms with Crippen molar-refractivity contribution < 1.29 is 0 Å². The van der Waals surface area contributed by atoms with Gasteiger partial charge in [-0.05, 0) is 54.4 Å². The highest BCUT2D eigenvalue weighted by Gasteiger charge is 2.00. The molecule has 0 aromatic heterocycles. The first kappa shape index (κ1) is 23.7. The van der Waals surface area contributed by atoms with Gasteiger partial charge in [0.1, 0.15) is 0 Å². The van der Waals surface area contributed by atoms with E-state index in [0.717, 1.165) is 6.42 Å². The lowest BCUT2D eigenvalue weighted by Gasteiger charge is -2.07. The van der Waals surface area contributed by atoms with Crippen LogP contribution in [0, 0.1) is 0 Å². The Balaban J connectivity index is 1.66. The molecule has 0 bridgehead atoms. The van der Waals surface area contributed by atoms with Gasteiger partial charge >= 0.3 is 0 Å². The summed E-state index contributed by atoms with van der Waals surface area (Å²) in [5, 5.41) is 0. The molecular weight excluding hydrogens is 348 g/mol. The molecule has 0 nitrogen and oxygen atoms in total. The molecule has 29 heavy (non-hydrogen) atoms. The van der Waals surface area contributed by atoms with Crippen molar-refractivity contribution in [3.63, 3.8) is 0 Å². The Morgan fingerprint density at radius 3 is 1.07 bits per heavy atom. The highest BCUT2D eigenvalue weighted by atomic mass is 14.1. The number of rotatable bonds is 16. The van der Waals surface area contributed by atoms with E-state index < -0.39 is 0 Å². The summed E-state index contributed by atoms with van der Waals surface area (Å²) < 4.78 is 0. The molecule has 0 aliphatic carbocycles. The smallest absolute Gasteiger partial charge is 0.00258 e. The highest BCUT2D eigenvalue weighted by molar-refractivity contribution is 5.30. The molecule has 2 rings (SSSR count). The van der Waals surface area contributed by atoms with Crippen LogP contribution in [0.3, 0.4) is 0 Å². The van der Waals surface area contributed by atoms with Gasteiger partial charge < -0.3 is 0 Å². The van der Waals surface area contributed by atoms with Crippen LogP contribution in [0.1, 0.15) is 113 Å². The van der Waals surface area contributed by atoms with Crippen LogP contribution in [0.4, 0.5) is 0 Å². The zero-order valence-electron chi connectivity index (χ0n) is 19.2. The fraction of sp³-hybridized carbons (Fsp3) is 0.586. The third-order valence-corrected chi connectivity index (χ3v) is 6.09. The molecule has 0 radical (unpaired) electrons. The van der Waals surface area contributed by atoms with Gasteiger partial charge in [0.25, 0.3) is 0 Å². The first-order valence-electron chi connectivity index (χ1n) is 12.5. The van der Waals surface area contributed by atoms with E-state index in [4.69, 9.17) is 0 Å². The number of benzene rings is 2.